The lowest BCUT2D eigenvalue weighted by Crippen LogP contribution is -2.26. The van der Waals surface area contributed by atoms with Crippen molar-refractivity contribution < 1.29 is 13.9 Å². The van der Waals surface area contributed by atoms with Gasteiger partial charge in [-0.25, -0.2) is 4.39 Å². The fourth-order valence-electron chi connectivity index (χ4n) is 4.05. The van der Waals surface area contributed by atoms with E-state index in [-0.39, 0.29) is 11.5 Å². The van der Waals surface area contributed by atoms with Crippen LogP contribution in [0.4, 0.5) is 4.39 Å². The van der Waals surface area contributed by atoms with Crippen LogP contribution in [0, 0.1) is 6.92 Å². The molecule has 3 aromatic rings. The highest BCUT2D eigenvalue weighted by Gasteiger charge is 2.21. The zero-order chi connectivity index (χ0) is 22.7. The summed E-state index contributed by atoms with van der Waals surface area (Å²) in [5.74, 6) is 0.437. The van der Waals surface area contributed by atoms with Crippen molar-refractivity contribution in [2.45, 2.75) is 26.4 Å². The normalized spacial score (nSPS) is 16.4. The zero-order valence-corrected chi connectivity index (χ0v) is 18.4. The topological polar surface area (TPSA) is 63.6 Å². The molecule has 0 aliphatic carbocycles. The Kier molecular flexibility index (Phi) is 6.55. The number of halogens is 1. The summed E-state index contributed by atoms with van der Waals surface area (Å²) >= 11 is 0. The number of fused-ring (bicyclic) bond motifs is 1. The monoisotopic (exact) mass is 437 g/mol. The van der Waals surface area contributed by atoms with Crippen LogP contribution < -0.4 is 15.6 Å². The Hall–Kier alpha value is -3.19. The molecule has 168 valence electrons. The number of aromatic nitrogens is 1. The van der Waals surface area contributed by atoms with Gasteiger partial charge in [-0.1, -0.05) is 12.1 Å². The molecule has 1 N–H and O–H groups in total. The number of hydrogen-bond acceptors (Lipinski definition) is 4. The molecule has 0 bridgehead atoms. The first-order chi connectivity index (χ1) is 15.5. The maximum absolute atomic E-state index is 13.3. The van der Waals surface area contributed by atoms with E-state index < -0.39 is 6.17 Å². The first-order valence-electron chi connectivity index (χ1n) is 11.0. The van der Waals surface area contributed by atoms with Gasteiger partial charge in [0.15, 0.2) is 0 Å². The summed E-state index contributed by atoms with van der Waals surface area (Å²) in [4.78, 5) is 27.6. The van der Waals surface area contributed by atoms with E-state index in [0.29, 0.717) is 55.0 Å². The van der Waals surface area contributed by atoms with Crippen LogP contribution in [-0.2, 0) is 0 Å². The predicted molar refractivity (Wildman–Crippen MR) is 124 cm³/mol. The van der Waals surface area contributed by atoms with Gasteiger partial charge in [-0.3, -0.25) is 19.1 Å². The second kappa shape index (κ2) is 9.53. The summed E-state index contributed by atoms with van der Waals surface area (Å²) in [5, 5.41) is 4.14. The number of nitrogens with one attached hydrogen (secondary N) is 1. The lowest BCUT2D eigenvalue weighted by molar-refractivity contribution is 0.0956. The fraction of sp³-hybridized carbons (Fsp3) is 0.360. The minimum atomic E-state index is -0.746. The number of aryl methyl sites for hydroxylation is 1. The Labute approximate surface area is 186 Å². The molecule has 0 unspecified atom stereocenters. The third-order valence-electron chi connectivity index (χ3n) is 5.84. The molecule has 1 aliphatic rings. The third kappa shape index (κ3) is 4.67. The smallest absolute Gasteiger partial charge is 0.263 e. The number of rotatable bonds is 7. The molecule has 4 rings (SSSR count). The highest BCUT2D eigenvalue weighted by molar-refractivity contribution is 5.95. The van der Waals surface area contributed by atoms with Gasteiger partial charge in [-0.05, 0) is 61.5 Å². The predicted octanol–water partition coefficient (Wildman–Crippen LogP) is 3.47. The van der Waals surface area contributed by atoms with Crippen LogP contribution in [0.5, 0.6) is 5.75 Å². The van der Waals surface area contributed by atoms with Crippen LogP contribution in [0.25, 0.3) is 16.5 Å². The Morgan fingerprint density at radius 2 is 2.06 bits per heavy atom. The van der Waals surface area contributed by atoms with Crippen LogP contribution in [-0.4, -0.2) is 54.3 Å². The number of pyridine rings is 1. The summed E-state index contributed by atoms with van der Waals surface area (Å²) in [6.45, 7) is 6.61. The molecule has 32 heavy (non-hydrogen) atoms. The van der Waals surface area contributed by atoms with Crippen molar-refractivity contribution in [1.29, 1.82) is 0 Å². The van der Waals surface area contributed by atoms with Gasteiger partial charge >= 0.3 is 0 Å². The molecule has 1 saturated heterocycles. The van der Waals surface area contributed by atoms with Crippen LogP contribution in [0.2, 0.25) is 0 Å². The van der Waals surface area contributed by atoms with E-state index in [1.54, 1.807) is 29.0 Å². The largest absolute Gasteiger partial charge is 0.492 e. The Balaban J connectivity index is 1.60. The molecule has 1 aromatic heterocycles. The van der Waals surface area contributed by atoms with Crippen molar-refractivity contribution in [3.63, 3.8) is 0 Å². The van der Waals surface area contributed by atoms with Gasteiger partial charge in [0.25, 0.3) is 11.5 Å². The molecule has 6 nitrogen and oxygen atoms in total. The van der Waals surface area contributed by atoms with Crippen molar-refractivity contribution in [3.8, 4) is 11.4 Å². The molecule has 0 saturated carbocycles. The molecular formula is C25H28FN3O3. The van der Waals surface area contributed by atoms with Gasteiger partial charge < -0.3 is 10.1 Å². The van der Waals surface area contributed by atoms with Crippen molar-refractivity contribution in [2.75, 3.05) is 32.8 Å². The number of ether oxygens (including phenoxy) is 1. The number of nitrogens with zero attached hydrogens (tertiary/aromatic N) is 2. The summed E-state index contributed by atoms with van der Waals surface area (Å²) in [5.41, 5.74) is 1.89. The van der Waals surface area contributed by atoms with Crippen molar-refractivity contribution >= 4 is 16.7 Å². The van der Waals surface area contributed by atoms with Gasteiger partial charge in [-0.2, -0.15) is 0 Å². The second-order valence-electron chi connectivity index (χ2n) is 8.14. The van der Waals surface area contributed by atoms with E-state index in [1.807, 2.05) is 43.0 Å². The highest BCUT2D eigenvalue weighted by atomic mass is 19.1. The molecule has 2 heterocycles. The van der Waals surface area contributed by atoms with Crippen LogP contribution in [0.1, 0.15) is 29.3 Å². The lowest BCUT2D eigenvalue weighted by Gasteiger charge is -2.15. The van der Waals surface area contributed by atoms with E-state index in [4.69, 9.17) is 4.74 Å². The molecule has 0 radical (unpaired) electrons. The van der Waals surface area contributed by atoms with E-state index in [2.05, 4.69) is 5.32 Å². The molecular weight excluding hydrogens is 409 g/mol. The summed E-state index contributed by atoms with van der Waals surface area (Å²) in [6, 6.07) is 12.7. The number of likely N-dealkylation sites (tertiary alicyclic amines) is 1. The lowest BCUT2D eigenvalue weighted by atomic mass is 10.1. The number of carbonyl (C=O) groups is 1. The molecule has 1 aliphatic heterocycles. The molecule has 1 fully saturated rings. The van der Waals surface area contributed by atoms with E-state index >= 15 is 0 Å². The first-order valence-corrected chi connectivity index (χ1v) is 11.0. The molecule has 1 atom stereocenters. The molecule has 2 aromatic carbocycles. The average molecular weight is 438 g/mol. The number of amides is 1. The zero-order valence-electron chi connectivity index (χ0n) is 18.4. The standard InChI is InChI=1S/C25H28FN3O3/c1-3-27-24(30)19-5-4-17(2)23(14-19)29-11-8-18-6-7-21(15-22(18)25(29)31)32-13-12-28-10-9-20(26)16-28/h4-8,11,14-15,20H,3,9-10,12-13,16H2,1-2H3,(H,27,30)/t20-/m1/s1. The van der Waals surface area contributed by atoms with Crippen LogP contribution in [0.15, 0.2) is 53.5 Å². The third-order valence-corrected chi connectivity index (χ3v) is 5.84. The van der Waals surface area contributed by atoms with Crippen molar-refractivity contribution in [1.82, 2.24) is 14.8 Å². The average Bonchev–Trinajstić information content (AvgIpc) is 3.20. The highest BCUT2D eigenvalue weighted by Crippen LogP contribution is 2.21. The number of benzene rings is 2. The van der Waals surface area contributed by atoms with E-state index in [1.165, 1.54) is 0 Å². The first kappa shape index (κ1) is 22.0. The number of alkyl halides is 1. The number of carbonyl (C=O) groups excluding carboxylic acids is 1. The SMILES string of the molecule is CCNC(=O)c1ccc(C)c(-n2ccc3ccc(OCCN4CC[C@@H](F)C4)cc3c2=O)c1. The minimum absolute atomic E-state index is 0.171. The van der Waals surface area contributed by atoms with Crippen molar-refractivity contribution in [3.05, 3.63) is 70.1 Å². The van der Waals surface area contributed by atoms with Crippen molar-refractivity contribution in [2.24, 2.45) is 0 Å². The van der Waals surface area contributed by atoms with Gasteiger partial charge in [0.1, 0.15) is 18.5 Å². The Bertz CT molecular complexity index is 1190. The maximum Gasteiger partial charge on any atom is 0.263 e. The van der Waals surface area contributed by atoms with Gasteiger partial charge in [-0.15, -0.1) is 0 Å². The van der Waals surface area contributed by atoms with Crippen LogP contribution >= 0.6 is 0 Å². The fourth-order valence-corrected chi connectivity index (χ4v) is 4.05. The Morgan fingerprint density at radius 3 is 2.81 bits per heavy atom. The summed E-state index contributed by atoms with van der Waals surface area (Å²) in [7, 11) is 0. The van der Waals surface area contributed by atoms with Gasteiger partial charge in [0, 0.05) is 37.9 Å². The molecule has 7 heteroatoms. The van der Waals surface area contributed by atoms with E-state index in [0.717, 1.165) is 17.5 Å². The Morgan fingerprint density at radius 1 is 1.22 bits per heavy atom. The van der Waals surface area contributed by atoms with E-state index in [9.17, 15) is 14.0 Å². The second-order valence-corrected chi connectivity index (χ2v) is 8.14. The molecule has 1 amide bonds. The molecule has 0 spiro atoms. The minimum Gasteiger partial charge on any atom is -0.492 e. The maximum atomic E-state index is 13.3. The number of hydrogen-bond donors (Lipinski definition) is 1. The van der Waals surface area contributed by atoms with Gasteiger partial charge in [0.2, 0.25) is 0 Å². The quantitative estimate of drug-likeness (QED) is 0.615. The summed E-state index contributed by atoms with van der Waals surface area (Å²) < 4.78 is 20.7. The van der Waals surface area contributed by atoms with Crippen LogP contribution in [0.3, 0.4) is 0 Å². The van der Waals surface area contributed by atoms with Gasteiger partial charge in [0.05, 0.1) is 11.1 Å². The summed E-state index contributed by atoms with van der Waals surface area (Å²) in [6.07, 6.45) is 1.57.